The van der Waals surface area contributed by atoms with E-state index < -0.39 is 18.2 Å². The molecular weight excluding hydrogens is 506 g/mol. The van der Waals surface area contributed by atoms with E-state index in [1.165, 1.54) is 6.92 Å². The van der Waals surface area contributed by atoms with Crippen LogP contribution in [-0.4, -0.2) is 60.3 Å². The van der Waals surface area contributed by atoms with Crippen LogP contribution < -0.4 is 16.0 Å². The SMILES string of the molecule is CC[C@H](C)[C@H](NC(C)=O)C(=O)N[C@@H](Cc1ccccc1)[C@@H](O)C[C@H](Cc1ccccc1)NC(=O)C1CCOCC1. The number of hydrogen-bond acceptors (Lipinski definition) is 5. The monoisotopic (exact) mass is 551 g/mol. The number of amides is 3. The minimum absolute atomic E-state index is 0.0254. The van der Waals surface area contributed by atoms with Crippen LogP contribution in [0.3, 0.4) is 0 Å². The molecule has 5 atom stereocenters. The summed E-state index contributed by atoms with van der Waals surface area (Å²) in [5.74, 6) is -0.821. The van der Waals surface area contributed by atoms with Crippen LogP contribution in [-0.2, 0) is 32.0 Å². The number of nitrogens with one attached hydrogen (secondary N) is 3. The van der Waals surface area contributed by atoms with Crippen LogP contribution in [0.4, 0.5) is 0 Å². The largest absolute Gasteiger partial charge is 0.391 e. The molecule has 218 valence electrons. The van der Waals surface area contributed by atoms with E-state index in [1.807, 2.05) is 74.5 Å². The number of rotatable bonds is 14. The topological polar surface area (TPSA) is 117 Å². The van der Waals surface area contributed by atoms with Gasteiger partial charge in [0.2, 0.25) is 17.7 Å². The Kier molecular flexibility index (Phi) is 12.6. The van der Waals surface area contributed by atoms with E-state index in [1.54, 1.807) is 0 Å². The molecule has 0 radical (unpaired) electrons. The zero-order chi connectivity index (χ0) is 28.9. The molecule has 3 amide bonds. The lowest BCUT2D eigenvalue weighted by molar-refractivity contribution is -0.130. The minimum Gasteiger partial charge on any atom is -0.391 e. The molecule has 40 heavy (non-hydrogen) atoms. The second-order valence-electron chi connectivity index (χ2n) is 11.0. The molecule has 8 nitrogen and oxygen atoms in total. The van der Waals surface area contributed by atoms with Crippen molar-refractivity contribution in [3.63, 3.8) is 0 Å². The normalized spacial score (nSPS) is 17.6. The molecule has 1 fully saturated rings. The van der Waals surface area contributed by atoms with Gasteiger partial charge in [0.15, 0.2) is 0 Å². The Bertz CT molecular complexity index is 1060. The number of carbonyl (C=O) groups excluding carboxylic acids is 3. The third-order valence-corrected chi connectivity index (χ3v) is 7.73. The molecule has 2 aromatic carbocycles. The fourth-order valence-corrected chi connectivity index (χ4v) is 5.17. The molecule has 2 aromatic rings. The van der Waals surface area contributed by atoms with Crippen molar-refractivity contribution in [3.8, 4) is 0 Å². The van der Waals surface area contributed by atoms with Crippen LogP contribution >= 0.6 is 0 Å². The first kappa shape index (κ1) is 31.3. The smallest absolute Gasteiger partial charge is 0.243 e. The van der Waals surface area contributed by atoms with Crippen LogP contribution in [0.1, 0.15) is 57.6 Å². The van der Waals surface area contributed by atoms with Crippen LogP contribution in [0.5, 0.6) is 0 Å². The molecule has 0 saturated carbocycles. The highest BCUT2D eigenvalue weighted by atomic mass is 16.5. The van der Waals surface area contributed by atoms with Crippen LogP contribution in [0, 0.1) is 11.8 Å². The summed E-state index contributed by atoms with van der Waals surface area (Å²) in [5.41, 5.74) is 2.02. The zero-order valence-electron chi connectivity index (χ0n) is 24.0. The summed E-state index contributed by atoms with van der Waals surface area (Å²) in [6, 6.07) is 17.9. The number of benzene rings is 2. The molecule has 8 heteroatoms. The summed E-state index contributed by atoms with van der Waals surface area (Å²) in [4.78, 5) is 38.4. The fraction of sp³-hybridized carbons (Fsp3) is 0.531. The Morgan fingerprint density at radius 3 is 2.02 bits per heavy atom. The van der Waals surface area contributed by atoms with Gasteiger partial charge in [-0.05, 0) is 49.1 Å². The summed E-state index contributed by atoms with van der Waals surface area (Å²) in [6.07, 6.45) is 2.35. The second kappa shape index (κ2) is 16.1. The lowest BCUT2D eigenvalue weighted by Crippen LogP contribution is -2.56. The first-order chi connectivity index (χ1) is 19.3. The van der Waals surface area contributed by atoms with Gasteiger partial charge in [-0.2, -0.15) is 0 Å². The minimum atomic E-state index is -0.942. The Hall–Kier alpha value is -3.23. The Morgan fingerprint density at radius 2 is 1.48 bits per heavy atom. The number of ether oxygens (including phenoxy) is 1. The van der Waals surface area contributed by atoms with E-state index in [4.69, 9.17) is 4.74 Å². The van der Waals surface area contributed by atoms with Gasteiger partial charge in [-0.15, -0.1) is 0 Å². The molecule has 3 rings (SSSR count). The summed E-state index contributed by atoms with van der Waals surface area (Å²) < 4.78 is 5.42. The Morgan fingerprint density at radius 1 is 0.900 bits per heavy atom. The number of aliphatic hydroxyl groups excluding tert-OH is 1. The van der Waals surface area contributed by atoms with Crippen LogP contribution in [0.25, 0.3) is 0 Å². The maximum Gasteiger partial charge on any atom is 0.243 e. The van der Waals surface area contributed by atoms with Gasteiger partial charge in [-0.3, -0.25) is 14.4 Å². The fourth-order valence-electron chi connectivity index (χ4n) is 5.17. The molecule has 0 aliphatic carbocycles. The van der Waals surface area contributed by atoms with Crippen molar-refractivity contribution in [2.24, 2.45) is 11.8 Å². The van der Waals surface area contributed by atoms with Gasteiger partial charge in [0.25, 0.3) is 0 Å². The van der Waals surface area contributed by atoms with E-state index in [0.717, 1.165) is 11.1 Å². The summed E-state index contributed by atoms with van der Waals surface area (Å²) >= 11 is 0. The molecule has 0 unspecified atom stereocenters. The molecule has 0 aromatic heterocycles. The van der Waals surface area contributed by atoms with Gasteiger partial charge in [0.1, 0.15) is 6.04 Å². The molecule has 0 bridgehead atoms. The highest BCUT2D eigenvalue weighted by Crippen LogP contribution is 2.19. The van der Waals surface area contributed by atoms with Crippen molar-refractivity contribution >= 4 is 17.7 Å². The molecular formula is C32H45N3O5. The maximum absolute atomic E-state index is 13.4. The van der Waals surface area contributed by atoms with Crippen molar-refractivity contribution in [2.75, 3.05) is 13.2 Å². The van der Waals surface area contributed by atoms with E-state index in [9.17, 15) is 19.5 Å². The van der Waals surface area contributed by atoms with Crippen molar-refractivity contribution in [1.82, 2.24) is 16.0 Å². The van der Waals surface area contributed by atoms with Crippen molar-refractivity contribution in [1.29, 1.82) is 0 Å². The first-order valence-electron chi connectivity index (χ1n) is 14.5. The Labute approximate surface area is 238 Å². The van der Waals surface area contributed by atoms with Gasteiger partial charge < -0.3 is 25.8 Å². The second-order valence-corrected chi connectivity index (χ2v) is 11.0. The van der Waals surface area contributed by atoms with Crippen LogP contribution in [0.2, 0.25) is 0 Å². The quantitative estimate of drug-likeness (QED) is 0.288. The third-order valence-electron chi connectivity index (χ3n) is 7.73. The van der Waals surface area contributed by atoms with Crippen molar-refractivity contribution in [3.05, 3.63) is 71.8 Å². The zero-order valence-corrected chi connectivity index (χ0v) is 24.0. The first-order valence-corrected chi connectivity index (χ1v) is 14.5. The predicted molar refractivity (Wildman–Crippen MR) is 155 cm³/mol. The molecule has 1 aliphatic rings. The van der Waals surface area contributed by atoms with Gasteiger partial charge in [0.05, 0.1) is 12.1 Å². The summed E-state index contributed by atoms with van der Waals surface area (Å²) in [7, 11) is 0. The van der Waals surface area contributed by atoms with Crippen molar-refractivity contribution in [2.45, 2.75) is 83.5 Å². The van der Waals surface area contributed by atoms with Gasteiger partial charge in [-0.25, -0.2) is 0 Å². The highest BCUT2D eigenvalue weighted by Gasteiger charge is 2.32. The van der Waals surface area contributed by atoms with Crippen molar-refractivity contribution < 1.29 is 24.2 Å². The summed E-state index contributed by atoms with van der Waals surface area (Å²) in [5, 5.41) is 20.6. The molecule has 1 heterocycles. The lowest BCUT2D eigenvalue weighted by atomic mass is 9.91. The standard InChI is InChI=1S/C32H45N3O5/c1-4-22(2)30(33-23(3)36)32(39)35-28(20-25-13-9-6-10-14-25)29(37)21-27(19-24-11-7-5-8-12-24)34-31(38)26-15-17-40-18-16-26/h5-14,22,26-30,37H,4,15-21H2,1-3H3,(H,33,36)(H,34,38)(H,35,39)/t22-,27-,28-,29-,30-/m0/s1. The third kappa shape index (κ3) is 10.1. The highest BCUT2D eigenvalue weighted by molar-refractivity contribution is 5.87. The lowest BCUT2D eigenvalue weighted by Gasteiger charge is -2.32. The molecule has 4 N–H and O–H groups in total. The molecule has 1 aliphatic heterocycles. The van der Waals surface area contributed by atoms with E-state index in [2.05, 4.69) is 16.0 Å². The number of carbonyl (C=O) groups is 3. The predicted octanol–water partition coefficient (Wildman–Crippen LogP) is 3.17. The molecule has 0 spiro atoms. The average molecular weight is 552 g/mol. The van der Waals surface area contributed by atoms with Gasteiger partial charge in [-0.1, -0.05) is 80.9 Å². The summed E-state index contributed by atoms with van der Waals surface area (Å²) in [6.45, 7) is 6.43. The average Bonchev–Trinajstić information content (AvgIpc) is 2.96. The van der Waals surface area contributed by atoms with Crippen LogP contribution in [0.15, 0.2) is 60.7 Å². The maximum atomic E-state index is 13.4. The van der Waals surface area contributed by atoms with E-state index in [0.29, 0.717) is 45.3 Å². The van der Waals surface area contributed by atoms with E-state index >= 15 is 0 Å². The van der Waals surface area contributed by atoms with Gasteiger partial charge in [0, 0.05) is 32.1 Å². The molecule has 1 saturated heterocycles. The number of aliphatic hydroxyl groups is 1. The number of hydrogen-bond donors (Lipinski definition) is 4. The Balaban J connectivity index is 1.80. The van der Waals surface area contributed by atoms with Gasteiger partial charge >= 0.3 is 0 Å². The van der Waals surface area contributed by atoms with E-state index in [-0.39, 0.29) is 42.0 Å².